The van der Waals surface area contributed by atoms with Crippen molar-refractivity contribution in [3.05, 3.63) is 0 Å². The van der Waals surface area contributed by atoms with E-state index in [9.17, 15) is 4.79 Å². The van der Waals surface area contributed by atoms with Gasteiger partial charge in [0.15, 0.2) is 0 Å². The highest BCUT2D eigenvalue weighted by atomic mass is 16.6. The zero-order valence-corrected chi connectivity index (χ0v) is 14.8. The molecule has 24 heavy (non-hydrogen) atoms. The summed E-state index contributed by atoms with van der Waals surface area (Å²) in [7, 11) is 0. The molecule has 0 aliphatic rings. The van der Waals surface area contributed by atoms with Gasteiger partial charge in [-0.3, -0.25) is 4.79 Å². The molecule has 144 valence electrons. The third kappa shape index (κ3) is 19.3. The van der Waals surface area contributed by atoms with Crippen molar-refractivity contribution < 1.29 is 33.6 Å². The topological polar surface area (TPSA) is 95.5 Å². The van der Waals surface area contributed by atoms with Gasteiger partial charge in [-0.05, 0) is 6.42 Å². The fourth-order valence-corrected chi connectivity index (χ4v) is 1.62. The van der Waals surface area contributed by atoms with Crippen molar-refractivity contribution in [2.24, 2.45) is 0 Å². The smallest absolute Gasteiger partial charge is 0.220 e. The molecule has 0 fully saturated rings. The van der Waals surface area contributed by atoms with Gasteiger partial charge in [-0.2, -0.15) is 0 Å². The van der Waals surface area contributed by atoms with Gasteiger partial charge in [0, 0.05) is 13.0 Å². The molecule has 1 amide bonds. The van der Waals surface area contributed by atoms with E-state index < -0.39 is 0 Å². The summed E-state index contributed by atoms with van der Waals surface area (Å²) >= 11 is 0. The molecule has 0 aromatic rings. The van der Waals surface area contributed by atoms with E-state index >= 15 is 0 Å². The maximum Gasteiger partial charge on any atom is 0.220 e. The molecule has 0 atom stereocenters. The van der Waals surface area contributed by atoms with E-state index in [1.54, 1.807) is 0 Å². The first-order valence-corrected chi connectivity index (χ1v) is 8.57. The van der Waals surface area contributed by atoms with Crippen LogP contribution in [0.15, 0.2) is 0 Å². The van der Waals surface area contributed by atoms with Gasteiger partial charge >= 0.3 is 0 Å². The van der Waals surface area contributed by atoms with Crippen LogP contribution in [0.2, 0.25) is 0 Å². The lowest BCUT2D eigenvalue weighted by atomic mass is 10.3. The molecule has 0 aliphatic heterocycles. The minimum Gasteiger partial charge on any atom is -0.394 e. The second kappa shape index (κ2) is 20.3. The number of hydrogen-bond donors (Lipinski definition) is 2. The Labute approximate surface area is 144 Å². The average molecular weight is 351 g/mol. The summed E-state index contributed by atoms with van der Waals surface area (Å²) in [5.74, 6) is 0.0659. The fraction of sp³-hybridized carbons (Fsp3) is 0.938. The van der Waals surface area contributed by atoms with Gasteiger partial charge in [0.05, 0.1) is 72.7 Å². The molecule has 0 aromatic carbocycles. The first kappa shape index (κ1) is 23.2. The van der Waals surface area contributed by atoms with Gasteiger partial charge in [0.1, 0.15) is 0 Å². The molecule has 0 unspecified atom stereocenters. The first-order valence-electron chi connectivity index (χ1n) is 8.57. The molecular weight excluding hydrogens is 318 g/mol. The van der Waals surface area contributed by atoms with Crippen LogP contribution in [0.4, 0.5) is 0 Å². The number of amides is 1. The van der Waals surface area contributed by atoms with E-state index in [4.69, 9.17) is 28.8 Å². The number of rotatable bonds is 19. The van der Waals surface area contributed by atoms with Crippen molar-refractivity contribution in [1.82, 2.24) is 5.32 Å². The quantitative estimate of drug-likeness (QED) is 0.316. The summed E-state index contributed by atoms with van der Waals surface area (Å²) in [6.07, 6.45) is 1.42. The first-order chi connectivity index (χ1) is 11.8. The Morgan fingerprint density at radius 2 is 1.17 bits per heavy atom. The average Bonchev–Trinajstić information content (AvgIpc) is 2.58. The molecule has 0 heterocycles. The van der Waals surface area contributed by atoms with Crippen LogP contribution in [0, 0.1) is 0 Å². The van der Waals surface area contributed by atoms with Gasteiger partial charge in [-0.15, -0.1) is 0 Å². The van der Waals surface area contributed by atoms with E-state index in [2.05, 4.69) is 5.32 Å². The van der Waals surface area contributed by atoms with Crippen molar-refractivity contribution in [3.8, 4) is 0 Å². The van der Waals surface area contributed by atoms with Gasteiger partial charge in [0.2, 0.25) is 5.91 Å². The molecule has 0 rings (SSSR count). The largest absolute Gasteiger partial charge is 0.394 e. The van der Waals surface area contributed by atoms with E-state index in [-0.39, 0.29) is 12.5 Å². The third-order valence-corrected chi connectivity index (χ3v) is 2.77. The zero-order chi connectivity index (χ0) is 17.7. The van der Waals surface area contributed by atoms with E-state index in [0.717, 1.165) is 6.42 Å². The minimum absolute atomic E-state index is 0.0314. The monoisotopic (exact) mass is 351 g/mol. The lowest BCUT2D eigenvalue weighted by Crippen LogP contribution is -2.27. The van der Waals surface area contributed by atoms with Crippen molar-refractivity contribution in [1.29, 1.82) is 0 Å². The predicted octanol–water partition coefficient (Wildman–Crippen LogP) is -0.0220. The predicted molar refractivity (Wildman–Crippen MR) is 89.1 cm³/mol. The Balaban J connectivity index is 3.01. The summed E-state index contributed by atoms with van der Waals surface area (Å²) in [4.78, 5) is 11.2. The Kier molecular flexibility index (Phi) is 19.6. The van der Waals surface area contributed by atoms with Crippen LogP contribution in [-0.2, 0) is 28.5 Å². The maximum absolute atomic E-state index is 11.2. The normalized spacial score (nSPS) is 10.9. The standard InChI is InChI=1S/C16H33NO7/c1-2-3-16(19)17-4-6-20-8-10-22-12-14-24-15-13-23-11-9-21-7-5-18/h18H,2-15H2,1H3,(H,17,19). The van der Waals surface area contributed by atoms with Crippen molar-refractivity contribution >= 4 is 5.91 Å². The lowest BCUT2D eigenvalue weighted by molar-refractivity contribution is -0.121. The number of carbonyl (C=O) groups excluding carboxylic acids is 1. The second-order valence-electron chi connectivity index (χ2n) is 4.89. The Hall–Kier alpha value is -0.770. The number of aliphatic hydroxyl groups is 1. The van der Waals surface area contributed by atoms with Crippen LogP contribution in [0.5, 0.6) is 0 Å². The van der Waals surface area contributed by atoms with E-state index in [0.29, 0.717) is 79.0 Å². The Bertz CT molecular complexity index is 267. The van der Waals surface area contributed by atoms with E-state index in [1.165, 1.54) is 0 Å². The number of nitrogens with one attached hydrogen (secondary N) is 1. The highest BCUT2D eigenvalue weighted by molar-refractivity contribution is 5.75. The summed E-state index contributed by atoms with van der Waals surface area (Å²) in [5, 5.41) is 11.3. The number of aliphatic hydroxyl groups excluding tert-OH is 1. The van der Waals surface area contributed by atoms with Crippen LogP contribution < -0.4 is 5.32 Å². The molecule has 0 saturated carbocycles. The molecule has 0 radical (unpaired) electrons. The van der Waals surface area contributed by atoms with Crippen LogP contribution in [0.1, 0.15) is 19.8 Å². The minimum atomic E-state index is 0.0314. The zero-order valence-electron chi connectivity index (χ0n) is 14.8. The van der Waals surface area contributed by atoms with Gasteiger partial charge in [0.25, 0.3) is 0 Å². The molecule has 0 saturated heterocycles. The van der Waals surface area contributed by atoms with Gasteiger partial charge < -0.3 is 34.1 Å². The molecule has 0 aromatic heterocycles. The summed E-state index contributed by atoms with van der Waals surface area (Å²) < 4.78 is 26.3. The Morgan fingerprint density at radius 1 is 0.750 bits per heavy atom. The summed E-state index contributed by atoms with van der Waals surface area (Å²) in [6.45, 7) is 7.40. The fourth-order valence-electron chi connectivity index (χ4n) is 1.62. The van der Waals surface area contributed by atoms with Gasteiger partial charge in [-0.1, -0.05) is 6.92 Å². The van der Waals surface area contributed by atoms with Gasteiger partial charge in [-0.25, -0.2) is 0 Å². The van der Waals surface area contributed by atoms with Crippen LogP contribution in [-0.4, -0.2) is 90.2 Å². The van der Waals surface area contributed by atoms with Crippen LogP contribution in [0.3, 0.4) is 0 Å². The lowest BCUT2D eigenvalue weighted by Gasteiger charge is -2.08. The van der Waals surface area contributed by atoms with Crippen molar-refractivity contribution in [3.63, 3.8) is 0 Å². The number of ether oxygens (including phenoxy) is 5. The number of hydrogen-bond acceptors (Lipinski definition) is 7. The molecule has 8 heteroatoms. The van der Waals surface area contributed by atoms with Crippen molar-refractivity contribution in [2.75, 3.05) is 79.2 Å². The molecule has 0 bridgehead atoms. The summed E-state index contributed by atoms with van der Waals surface area (Å²) in [6, 6.07) is 0. The van der Waals surface area contributed by atoms with E-state index in [1.807, 2.05) is 6.92 Å². The van der Waals surface area contributed by atoms with Crippen LogP contribution >= 0.6 is 0 Å². The Morgan fingerprint density at radius 3 is 1.58 bits per heavy atom. The molecule has 0 spiro atoms. The number of carbonyl (C=O) groups is 1. The molecule has 8 nitrogen and oxygen atoms in total. The molecular formula is C16H33NO7. The third-order valence-electron chi connectivity index (χ3n) is 2.77. The highest BCUT2D eigenvalue weighted by Gasteiger charge is 1.97. The highest BCUT2D eigenvalue weighted by Crippen LogP contribution is 1.86. The van der Waals surface area contributed by atoms with Crippen molar-refractivity contribution in [2.45, 2.75) is 19.8 Å². The molecule has 2 N–H and O–H groups in total. The molecule has 0 aliphatic carbocycles. The second-order valence-corrected chi connectivity index (χ2v) is 4.89. The van der Waals surface area contributed by atoms with Crippen LogP contribution in [0.25, 0.3) is 0 Å². The summed E-state index contributed by atoms with van der Waals surface area (Å²) in [5.41, 5.74) is 0. The SMILES string of the molecule is CCCC(=O)NCCOCCOCCOCCOCCOCCO. The maximum atomic E-state index is 11.2.